The van der Waals surface area contributed by atoms with Crippen molar-refractivity contribution in [3.8, 4) is 0 Å². The maximum Gasteiger partial charge on any atom is 0.434 e. The van der Waals surface area contributed by atoms with Gasteiger partial charge in [0.25, 0.3) is 0 Å². The van der Waals surface area contributed by atoms with E-state index in [0.29, 0.717) is 36.8 Å². The number of nitrogens with zero attached hydrogens (tertiary/aromatic N) is 5. The lowest BCUT2D eigenvalue weighted by molar-refractivity contribution is -0.141. The zero-order valence-corrected chi connectivity index (χ0v) is 12.5. The van der Waals surface area contributed by atoms with Gasteiger partial charge in [0.2, 0.25) is 0 Å². The van der Waals surface area contributed by atoms with Crippen LogP contribution in [0.5, 0.6) is 0 Å². The second-order valence-corrected chi connectivity index (χ2v) is 5.83. The number of rotatable bonds is 3. The number of alkyl halides is 3. The van der Waals surface area contributed by atoms with Crippen LogP contribution in [0.3, 0.4) is 0 Å². The van der Waals surface area contributed by atoms with Crippen molar-refractivity contribution in [2.24, 2.45) is 5.92 Å². The van der Waals surface area contributed by atoms with E-state index in [0.717, 1.165) is 18.0 Å². The lowest BCUT2D eigenvalue weighted by Crippen LogP contribution is -2.26. The number of halogens is 3. The number of nitrogens with one attached hydrogen (secondary N) is 2. The van der Waals surface area contributed by atoms with E-state index >= 15 is 0 Å². The van der Waals surface area contributed by atoms with Crippen molar-refractivity contribution in [1.82, 2.24) is 29.7 Å². The maximum atomic E-state index is 12.7. The third-order valence-electron chi connectivity index (χ3n) is 4.19. The Balaban J connectivity index is 1.46. The Morgan fingerprint density at radius 2 is 2.21 bits per heavy atom. The fraction of sp³-hybridized carbons (Fsp3) is 0.429. The number of aromatic nitrogens is 6. The summed E-state index contributed by atoms with van der Waals surface area (Å²) >= 11 is 0. The highest BCUT2D eigenvalue weighted by Gasteiger charge is 2.35. The highest BCUT2D eigenvalue weighted by molar-refractivity contribution is 5.85. The molecule has 4 heterocycles. The van der Waals surface area contributed by atoms with Crippen LogP contribution in [0, 0.1) is 5.92 Å². The van der Waals surface area contributed by atoms with Gasteiger partial charge in [0.1, 0.15) is 18.0 Å². The van der Waals surface area contributed by atoms with Gasteiger partial charge in [0.15, 0.2) is 11.3 Å². The van der Waals surface area contributed by atoms with Crippen LogP contribution < -0.4 is 5.32 Å². The number of anilines is 1. The third kappa shape index (κ3) is 2.68. The van der Waals surface area contributed by atoms with Crippen molar-refractivity contribution >= 4 is 16.9 Å². The molecule has 2 N–H and O–H groups in total. The van der Waals surface area contributed by atoms with Gasteiger partial charge in [-0.2, -0.15) is 18.3 Å². The zero-order valence-electron chi connectivity index (χ0n) is 12.5. The van der Waals surface area contributed by atoms with E-state index in [2.05, 4.69) is 30.5 Å². The predicted molar refractivity (Wildman–Crippen MR) is 79.2 cm³/mol. The topological polar surface area (TPSA) is 84.3 Å². The second kappa shape index (κ2) is 5.46. The molecule has 0 radical (unpaired) electrons. The van der Waals surface area contributed by atoms with Crippen LogP contribution in [-0.4, -0.2) is 36.3 Å². The van der Waals surface area contributed by atoms with E-state index < -0.39 is 11.9 Å². The molecule has 1 aliphatic heterocycles. The number of fused-ring (bicyclic) bond motifs is 2. The van der Waals surface area contributed by atoms with Crippen LogP contribution in [0.15, 0.2) is 18.7 Å². The summed E-state index contributed by atoms with van der Waals surface area (Å²) in [5.41, 5.74) is -0.176. The molecule has 126 valence electrons. The average Bonchev–Trinajstić information content (AvgIpc) is 3.18. The minimum absolute atomic E-state index is 0.199. The van der Waals surface area contributed by atoms with E-state index in [1.54, 1.807) is 10.8 Å². The molecule has 24 heavy (non-hydrogen) atoms. The normalized spacial score (nSPS) is 17.9. The molecule has 0 fully saturated rings. The van der Waals surface area contributed by atoms with Gasteiger partial charge >= 0.3 is 6.18 Å². The number of hydrogen-bond donors (Lipinski definition) is 2. The summed E-state index contributed by atoms with van der Waals surface area (Å²) < 4.78 is 39.8. The van der Waals surface area contributed by atoms with Gasteiger partial charge in [0, 0.05) is 25.7 Å². The summed E-state index contributed by atoms with van der Waals surface area (Å²) in [5, 5.41) is 10.7. The van der Waals surface area contributed by atoms with E-state index in [4.69, 9.17) is 0 Å². The SMILES string of the molecule is FC(F)(F)c1cn2c(n1)CC[C@H](CNc1ncnc3[nH]ncc13)C2. The molecule has 4 rings (SSSR count). The fourth-order valence-electron chi connectivity index (χ4n) is 2.96. The number of aryl methyl sites for hydroxylation is 1. The lowest BCUT2D eigenvalue weighted by Gasteiger charge is -2.24. The molecule has 1 aliphatic rings. The van der Waals surface area contributed by atoms with Crippen LogP contribution in [0.25, 0.3) is 11.0 Å². The molecule has 0 aliphatic carbocycles. The van der Waals surface area contributed by atoms with E-state index in [1.165, 1.54) is 6.33 Å². The van der Waals surface area contributed by atoms with E-state index in [-0.39, 0.29) is 5.92 Å². The van der Waals surface area contributed by atoms with Gasteiger partial charge in [-0.3, -0.25) is 5.10 Å². The quantitative estimate of drug-likeness (QED) is 0.766. The smallest absolute Gasteiger partial charge is 0.369 e. The highest BCUT2D eigenvalue weighted by Crippen LogP contribution is 2.30. The maximum absolute atomic E-state index is 12.7. The Morgan fingerprint density at radius 1 is 1.33 bits per heavy atom. The fourth-order valence-corrected chi connectivity index (χ4v) is 2.96. The third-order valence-corrected chi connectivity index (χ3v) is 4.19. The Morgan fingerprint density at radius 3 is 3.04 bits per heavy atom. The highest BCUT2D eigenvalue weighted by atomic mass is 19.4. The molecule has 0 saturated heterocycles. The molecule has 0 saturated carbocycles. The van der Waals surface area contributed by atoms with Crippen LogP contribution in [0.4, 0.5) is 19.0 Å². The minimum atomic E-state index is -4.40. The largest absolute Gasteiger partial charge is 0.434 e. The predicted octanol–water partition coefficient (Wildman–Crippen LogP) is 2.24. The molecule has 7 nitrogen and oxygen atoms in total. The molecule has 0 unspecified atom stereocenters. The first-order valence-electron chi connectivity index (χ1n) is 7.52. The van der Waals surface area contributed by atoms with Crippen molar-refractivity contribution < 1.29 is 13.2 Å². The lowest BCUT2D eigenvalue weighted by atomic mass is 9.99. The number of H-pyrrole nitrogens is 1. The molecule has 3 aromatic heterocycles. The first-order chi connectivity index (χ1) is 11.5. The zero-order chi connectivity index (χ0) is 16.7. The second-order valence-electron chi connectivity index (χ2n) is 5.83. The van der Waals surface area contributed by atoms with Crippen molar-refractivity contribution in [2.45, 2.75) is 25.6 Å². The molecule has 0 spiro atoms. The number of hydrogen-bond acceptors (Lipinski definition) is 5. The Labute approximate surface area is 134 Å². The first kappa shape index (κ1) is 14.9. The van der Waals surface area contributed by atoms with Crippen LogP contribution in [0.2, 0.25) is 0 Å². The molecule has 0 aromatic carbocycles. The summed E-state index contributed by atoms with van der Waals surface area (Å²) in [4.78, 5) is 12.0. The average molecular weight is 337 g/mol. The van der Waals surface area contributed by atoms with Crippen LogP contribution >= 0.6 is 0 Å². The summed E-state index contributed by atoms with van der Waals surface area (Å²) in [6.45, 7) is 1.11. The summed E-state index contributed by atoms with van der Waals surface area (Å²) in [6.07, 6.45) is 1.09. The standard InChI is InChI=1S/C14H14F3N7/c15-14(16,17)10-6-24-5-8(1-2-11(24)22-10)3-18-12-9-4-21-23-13(9)20-7-19-12/h4,6-8H,1-3,5H2,(H2,18,19,20,21,23)/t8-/m1/s1. The monoisotopic (exact) mass is 337 g/mol. The molecule has 1 atom stereocenters. The first-order valence-corrected chi connectivity index (χ1v) is 7.52. The summed E-state index contributed by atoms with van der Waals surface area (Å²) in [6, 6.07) is 0. The number of aromatic amines is 1. The van der Waals surface area contributed by atoms with E-state index in [1.807, 2.05) is 0 Å². The van der Waals surface area contributed by atoms with Gasteiger partial charge in [-0.05, 0) is 12.3 Å². The molecular formula is C14H14F3N7. The van der Waals surface area contributed by atoms with Crippen molar-refractivity contribution in [2.75, 3.05) is 11.9 Å². The van der Waals surface area contributed by atoms with Crippen LogP contribution in [0.1, 0.15) is 17.9 Å². The van der Waals surface area contributed by atoms with Gasteiger partial charge in [-0.1, -0.05) is 0 Å². The molecule has 3 aromatic rings. The van der Waals surface area contributed by atoms with Crippen molar-refractivity contribution in [3.05, 3.63) is 30.2 Å². The summed E-state index contributed by atoms with van der Waals surface area (Å²) in [7, 11) is 0. The van der Waals surface area contributed by atoms with Crippen molar-refractivity contribution in [1.29, 1.82) is 0 Å². The Bertz CT molecular complexity index is 867. The van der Waals surface area contributed by atoms with Crippen molar-refractivity contribution in [3.63, 3.8) is 0 Å². The molecule has 10 heteroatoms. The van der Waals surface area contributed by atoms with Gasteiger partial charge in [-0.15, -0.1) is 0 Å². The van der Waals surface area contributed by atoms with Gasteiger partial charge in [0.05, 0.1) is 11.6 Å². The molecule has 0 amide bonds. The summed E-state index contributed by atoms with van der Waals surface area (Å²) in [5.74, 6) is 1.36. The number of imidazole rings is 1. The minimum Gasteiger partial charge on any atom is -0.369 e. The Hall–Kier alpha value is -2.65. The van der Waals surface area contributed by atoms with Crippen LogP contribution in [-0.2, 0) is 19.1 Å². The molecule has 0 bridgehead atoms. The Kier molecular flexibility index (Phi) is 3.39. The van der Waals surface area contributed by atoms with E-state index in [9.17, 15) is 13.2 Å². The molecular weight excluding hydrogens is 323 g/mol. The van der Waals surface area contributed by atoms with Gasteiger partial charge < -0.3 is 9.88 Å². The van der Waals surface area contributed by atoms with Gasteiger partial charge in [-0.25, -0.2) is 15.0 Å².